The maximum Gasteiger partial charge on any atom is 0.270 e. The first-order valence-corrected chi connectivity index (χ1v) is 14.1. The molecule has 1 atom stereocenters. The second kappa shape index (κ2) is 10.6. The lowest BCUT2D eigenvalue weighted by atomic mass is 10.1. The van der Waals surface area contributed by atoms with Gasteiger partial charge in [-0.25, -0.2) is 13.4 Å². The Morgan fingerprint density at radius 2 is 1.89 bits per heavy atom. The number of fused-ring (bicyclic) bond motifs is 1. The van der Waals surface area contributed by atoms with Crippen molar-refractivity contribution in [2.75, 3.05) is 12.9 Å². The van der Waals surface area contributed by atoms with Crippen LogP contribution in [-0.2, 0) is 16.4 Å². The van der Waals surface area contributed by atoms with E-state index in [9.17, 15) is 23.1 Å². The van der Waals surface area contributed by atoms with Gasteiger partial charge in [-0.05, 0) is 47.7 Å². The summed E-state index contributed by atoms with van der Waals surface area (Å²) in [5.41, 5.74) is 2.82. The summed E-state index contributed by atoms with van der Waals surface area (Å²) in [5.74, 6) is -0.781. The minimum atomic E-state index is -3.30. The van der Waals surface area contributed by atoms with E-state index in [0.717, 1.165) is 17.4 Å². The highest BCUT2D eigenvalue weighted by Crippen LogP contribution is 2.28. The van der Waals surface area contributed by atoms with E-state index in [4.69, 9.17) is 0 Å². The van der Waals surface area contributed by atoms with Crippen molar-refractivity contribution in [3.8, 4) is 11.3 Å². The van der Waals surface area contributed by atoms with Crippen LogP contribution >= 0.6 is 11.3 Å². The van der Waals surface area contributed by atoms with E-state index in [1.165, 1.54) is 23.5 Å². The van der Waals surface area contributed by atoms with Crippen LogP contribution in [0.15, 0.2) is 64.3 Å². The summed E-state index contributed by atoms with van der Waals surface area (Å²) in [5, 5.41) is 19.0. The molecule has 0 bridgehead atoms. The number of nitrogens with one attached hydrogen (secondary N) is 2. The van der Waals surface area contributed by atoms with Crippen molar-refractivity contribution in [3.05, 3.63) is 76.2 Å². The van der Waals surface area contributed by atoms with Crippen molar-refractivity contribution in [3.63, 3.8) is 0 Å². The molecule has 0 fully saturated rings. The molecule has 3 aromatic heterocycles. The van der Waals surface area contributed by atoms with Gasteiger partial charge in [0.2, 0.25) is 0 Å². The minimum Gasteiger partial charge on any atom is -0.394 e. The average molecular weight is 527 g/mol. The molecule has 3 heterocycles. The summed E-state index contributed by atoms with van der Waals surface area (Å²) in [6.45, 7) is 1.86. The maximum atomic E-state index is 13.2. The minimum absolute atomic E-state index is 0.185. The second-order valence-electron chi connectivity index (χ2n) is 8.30. The molecule has 2 amide bonds. The first-order valence-electron chi connectivity index (χ1n) is 11.3. The fraction of sp³-hybridized carbons (Fsp3) is 0.240. The highest BCUT2D eigenvalue weighted by Gasteiger charge is 2.25. The smallest absolute Gasteiger partial charge is 0.270 e. The predicted molar refractivity (Wildman–Crippen MR) is 138 cm³/mol. The number of thiophene rings is 1. The van der Waals surface area contributed by atoms with Crippen LogP contribution in [0.25, 0.3) is 16.9 Å². The number of hydrogen-bond acceptors (Lipinski definition) is 7. The first-order chi connectivity index (χ1) is 17.2. The molecule has 0 saturated heterocycles. The summed E-state index contributed by atoms with van der Waals surface area (Å²) < 4.78 is 24.9. The second-order valence-corrected chi connectivity index (χ2v) is 11.1. The molecule has 1 aromatic carbocycles. The molecule has 0 aliphatic heterocycles. The number of amides is 2. The fourth-order valence-electron chi connectivity index (χ4n) is 3.72. The van der Waals surface area contributed by atoms with E-state index < -0.39 is 21.8 Å². The monoisotopic (exact) mass is 526 g/mol. The predicted octanol–water partition coefficient (Wildman–Crippen LogP) is 2.90. The molecule has 4 rings (SSSR count). The highest BCUT2D eigenvalue weighted by molar-refractivity contribution is 7.90. The molecule has 188 valence electrons. The number of aliphatic hydroxyl groups is 1. The fourth-order valence-corrected chi connectivity index (χ4v) is 5.00. The number of rotatable bonds is 9. The lowest BCUT2D eigenvalue weighted by Crippen LogP contribution is -2.37. The van der Waals surface area contributed by atoms with Crippen molar-refractivity contribution in [2.45, 2.75) is 30.8 Å². The summed E-state index contributed by atoms with van der Waals surface area (Å²) in [6, 6.07) is 11.0. The number of aliphatic hydroxyl groups excluding tert-OH is 1. The van der Waals surface area contributed by atoms with E-state index in [1.807, 2.05) is 23.8 Å². The van der Waals surface area contributed by atoms with Gasteiger partial charge in [0, 0.05) is 29.9 Å². The molecule has 0 saturated carbocycles. The van der Waals surface area contributed by atoms with Gasteiger partial charge in [-0.2, -0.15) is 11.3 Å². The van der Waals surface area contributed by atoms with Crippen molar-refractivity contribution >= 4 is 38.6 Å². The Kier molecular flexibility index (Phi) is 7.53. The number of nitrogens with zero attached hydrogens (tertiary/aromatic N) is 2. The standard InChI is InChI=1S/C25H26N4O5S2/c1-3-18(14-30)27-25(32)22-21(17-10-12-35-15-17)28-23-20(5-4-11-29(22)23)24(31)26-13-16-6-8-19(9-7-16)36(2,33)34/h4-12,15,18,30H,3,13-14H2,1-2H3,(H,26,31)(H,27,32)/t18-/m0/s1. The Morgan fingerprint density at radius 1 is 1.14 bits per heavy atom. The molecule has 9 nitrogen and oxygen atoms in total. The summed E-state index contributed by atoms with van der Waals surface area (Å²) in [6.07, 6.45) is 3.37. The summed E-state index contributed by atoms with van der Waals surface area (Å²) in [7, 11) is -3.30. The van der Waals surface area contributed by atoms with E-state index in [0.29, 0.717) is 17.8 Å². The normalized spacial score (nSPS) is 12.4. The number of benzene rings is 1. The Labute approximate surface area is 212 Å². The summed E-state index contributed by atoms with van der Waals surface area (Å²) in [4.78, 5) is 31.2. The zero-order chi connectivity index (χ0) is 25.9. The zero-order valence-electron chi connectivity index (χ0n) is 19.8. The van der Waals surface area contributed by atoms with Crippen molar-refractivity contribution < 1.29 is 23.1 Å². The Hall–Kier alpha value is -3.54. The average Bonchev–Trinajstić information content (AvgIpc) is 3.53. The van der Waals surface area contributed by atoms with Crippen LogP contribution < -0.4 is 10.6 Å². The molecular weight excluding hydrogens is 500 g/mol. The Balaban J connectivity index is 1.66. The van der Waals surface area contributed by atoms with Gasteiger partial charge in [-0.3, -0.25) is 14.0 Å². The van der Waals surface area contributed by atoms with Crippen LogP contribution in [0.3, 0.4) is 0 Å². The number of imidazole rings is 1. The van der Waals surface area contributed by atoms with Crippen LogP contribution in [0.4, 0.5) is 0 Å². The molecular formula is C25H26N4O5S2. The van der Waals surface area contributed by atoms with Crippen molar-refractivity contribution in [1.82, 2.24) is 20.0 Å². The van der Waals surface area contributed by atoms with Gasteiger partial charge in [-0.1, -0.05) is 19.1 Å². The number of aromatic nitrogens is 2. The molecule has 36 heavy (non-hydrogen) atoms. The number of hydrogen-bond donors (Lipinski definition) is 3. The zero-order valence-corrected chi connectivity index (χ0v) is 21.4. The molecule has 11 heteroatoms. The third-order valence-corrected chi connectivity index (χ3v) is 7.57. The lowest BCUT2D eigenvalue weighted by Gasteiger charge is -2.14. The van der Waals surface area contributed by atoms with E-state index in [2.05, 4.69) is 15.6 Å². The van der Waals surface area contributed by atoms with Crippen LogP contribution in [0.2, 0.25) is 0 Å². The number of pyridine rings is 1. The molecule has 0 radical (unpaired) electrons. The Bertz CT molecular complexity index is 1490. The topological polar surface area (TPSA) is 130 Å². The van der Waals surface area contributed by atoms with Gasteiger partial charge in [0.1, 0.15) is 11.4 Å². The SMILES string of the molecule is CC[C@@H](CO)NC(=O)c1c(-c2ccsc2)nc2c(C(=O)NCc3ccc(S(C)(=O)=O)cc3)cccn12. The van der Waals surface area contributed by atoms with Gasteiger partial charge in [0.15, 0.2) is 15.5 Å². The van der Waals surface area contributed by atoms with E-state index in [-0.39, 0.29) is 35.2 Å². The van der Waals surface area contributed by atoms with Gasteiger partial charge in [0.05, 0.1) is 23.1 Å². The molecule has 0 spiro atoms. The number of carbonyl (C=O) groups is 2. The molecule has 4 aromatic rings. The number of sulfone groups is 1. The van der Waals surface area contributed by atoms with Crippen molar-refractivity contribution in [1.29, 1.82) is 0 Å². The maximum absolute atomic E-state index is 13.2. The molecule has 0 aliphatic rings. The third kappa shape index (κ3) is 5.32. The van der Waals surface area contributed by atoms with Crippen LogP contribution in [0.5, 0.6) is 0 Å². The van der Waals surface area contributed by atoms with Crippen LogP contribution in [0, 0.1) is 0 Å². The first kappa shape index (κ1) is 25.5. The quantitative estimate of drug-likeness (QED) is 0.308. The molecule has 0 unspecified atom stereocenters. The largest absolute Gasteiger partial charge is 0.394 e. The van der Waals surface area contributed by atoms with Gasteiger partial charge < -0.3 is 15.7 Å². The number of carbonyl (C=O) groups excluding carboxylic acids is 2. The molecule has 3 N–H and O–H groups in total. The summed E-state index contributed by atoms with van der Waals surface area (Å²) >= 11 is 1.47. The van der Waals surface area contributed by atoms with Crippen LogP contribution in [-0.4, -0.2) is 53.6 Å². The van der Waals surface area contributed by atoms with E-state index >= 15 is 0 Å². The van der Waals surface area contributed by atoms with Crippen molar-refractivity contribution in [2.24, 2.45) is 0 Å². The lowest BCUT2D eigenvalue weighted by molar-refractivity contribution is 0.0907. The van der Waals surface area contributed by atoms with Crippen LogP contribution in [0.1, 0.15) is 39.8 Å². The van der Waals surface area contributed by atoms with Gasteiger partial charge in [0.25, 0.3) is 11.8 Å². The van der Waals surface area contributed by atoms with Gasteiger partial charge in [-0.15, -0.1) is 0 Å². The Morgan fingerprint density at radius 3 is 2.50 bits per heavy atom. The molecule has 0 aliphatic carbocycles. The highest BCUT2D eigenvalue weighted by atomic mass is 32.2. The van der Waals surface area contributed by atoms with E-state index in [1.54, 1.807) is 34.9 Å². The third-order valence-electron chi connectivity index (χ3n) is 5.76. The van der Waals surface area contributed by atoms with Gasteiger partial charge >= 0.3 is 0 Å².